The molecule has 0 saturated heterocycles. The van der Waals surface area contributed by atoms with Gasteiger partial charge in [-0.3, -0.25) is 0 Å². The van der Waals surface area contributed by atoms with Crippen LogP contribution in [0, 0.1) is 0 Å². The lowest BCUT2D eigenvalue weighted by molar-refractivity contribution is 0.628. The van der Waals surface area contributed by atoms with Crippen LogP contribution < -0.4 is 10.6 Å². The van der Waals surface area contributed by atoms with Crippen LogP contribution in [-0.2, 0) is 12.8 Å². The Labute approximate surface area is 253 Å². The molecule has 0 fully saturated rings. The van der Waals surface area contributed by atoms with Crippen molar-refractivity contribution in [1.29, 1.82) is 0 Å². The van der Waals surface area contributed by atoms with Gasteiger partial charge in [-0.05, 0) is 109 Å². The lowest BCUT2D eigenvalue weighted by atomic mass is 9.84. The Morgan fingerprint density at radius 2 is 1.12 bits per heavy atom. The highest BCUT2D eigenvalue weighted by molar-refractivity contribution is 5.85. The number of benzene rings is 4. The molecule has 6 rings (SSSR count). The molecule has 2 aliphatic carbocycles. The van der Waals surface area contributed by atoms with E-state index in [1.165, 1.54) is 62.9 Å². The molecule has 2 nitrogen and oxygen atoms in total. The number of halogens is 1. The molecular weight excluding hydrogens is 520 g/mol. The lowest BCUT2D eigenvalue weighted by Crippen LogP contribution is -2.11. The van der Waals surface area contributed by atoms with E-state index in [0.29, 0.717) is 5.92 Å². The predicted molar refractivity (Wildman–Crippen MR) is 180 cm³/mol. The molecule has 0 radical (unpaired) electrons. The van der Waals surface area contributed by atoms with Gasteiger partial charge in [0.25, 0.3) is 0 Å². The fourth-order valence-electron chi connectivity index (χ4n) is 6.10. The topological polar surface area (TPSA) is 24.1 Å². The van der Waals surface area contributed by atoms with E-state index in [-0.39, 0.29) is 12.4 Å². The summed E-state index contributed by atoms with van der Waals surface area (Å²) >= 11 is 0. The third-order valence-corrected chi connectivity index (χ3v) is 8.13. The van der Waals surface area contributed by atoms with Crippen molar-refractivity contribution >= 4 is 30.1 Å². The third kappa shape index (κ3) is 7.45. The number of aryl methyl sites for hydroxylation is 2. The summed E-state index contributed by atoms with van der Waals surface area (Å²) in [4.78, 5) is 0. The Morgan fingerprint density at radius 3 is 1.66 bits per heavy atom. The first kappa shape index (κ1) is 30.5. The second-order valence-electron chi connectivity index (χ2n) is 10.7. The van der Waals surface area contributed by atoms with Crippen LogP contribution in [0.25, 0.3) is 17.7 Å². The minimum absolute atomic E-state index is 0. The highest BCUT2D eigenvalue weighted by atomic mass is 35.5. The van der Waals surface area contributed by atoms with Gasteiger partial charge in [-0.2, -0.15) is 0 Å². The quantitative estimate of drug-likeness (QED) is 0.220. The Bertz CT molecular complexity index is 1370. The maximum Gasteiger partial charge on any atom is 0.0102 e. The molecule has 0 unspecified atom stereocenters. The van der Waals surface area contributed by atoms with Crippen molar-refractivity contribution in [3.8, 4) is 0 Å². The smallest absolute Gasteiger partial charge is 0.0102 e. The van der Waals surface area contributed by atoms with Gasteiger partial charge in [0, 0.05) is 5.92 Å². The Balaban J connectivity index is 0.000000184. The SMILES string of the molecule is CNCCC=C1c2ccccc2CCc2ccccc21.CNCCCC1c2ccccc2C=Cc2ccccc21.Cl. The monoisotopic (exact) mass is 562 g/mol. The van der Waals surface area contributed by atoms with Crippen LogP contribution in [0.5, 0.6) is 0 Å². The molecule has 2 aliphatic rings. The van der Waals surface area contributed by atoms with Crippen molar-refractivity contribution in [3.05, 3.63) is 148 Å². The van der Waals surface area contributed by atoms with Crippen LogP contribution in [0.2, 0.25) is 0 Å². The van der Waals surface area contributed by atoms with Crippen LogP contribution in [0.4, 0.5) is 0 Å². The van der Waals surface area contributed by atoms with E-state index >= 15 is 0 Å². The number of hydrogen-bond donors (Lipinski definition) is 2. The van der Waals surface area contributed by atoms with Crippen LogP contribution in [0.3, 0.4) is 0 Å². The second-order valence-corrected chi connectivity index (χ2v) is 10.7. The minimum atomic E-state index is 0. The Morgan fingerprint density at radius 1 is 0.634 bits per heavy atom. The van der Waals surface area contributed by atoms with Crippen molar-refractivity contribution < 1.29 is 0 Å². The summed E-state index contributed by atoms with van der Waals surface area (Å²) in [5.74, 6) is 0.505. The van der Waals surface area contributed by atoms with Gasteiger partial charge in [0.05, 0.1) is 0 Å². The fraction of sp³-hybridized carbons (Fsp3) is 0.263. The average molecular weight is 563 g/mol. The number of fused-ring (bicyclic) bond motifs is 4. The Hall–Kier alpha value is -3.43. The molecule has 3 heteroatoms. The summed E-state index contributed by atoms with van der Waals surface area (Å²) in [6.45, 7) is 2.10. The summed E-state index contributed by atoms with van der Waals surface area (Å²) in [6.07, 6.45) is 12.6. The maximum absolute atomic E-state index is 3.26. The molecule has 2 N–H and O–H groups in total. The van der Waals surface area contributed by atoms with Crippen LogP contribution >= 0.6 is 12.4 Å². The molecular formula is C38H43ClN2. The van der Waals surface area contributed by atoms with E-state index in [0.717, 1.165) is 32.4 Å². The normalized spacial score (nSPS) is 13.2. The zero-order valence-electron chi connectivity index (χ0n) is 24.4. The van der Waals surface area contributed by atoms with E-state index in [2.05, 4.69) is 126 Å². The summed E-state index contributed by atoms with van der Waals surface area (Å²) in [5, 5.41) is 6.48. The van der Waals surface area contributed by atoms with Gasteiger partial charge in [-0.15, -0.1) is 12.4 Å². The minimum Gasteiger partial charge on any atom is -0.320 e. The standard InChI is InChI=1S/2C19H21N.ClH/c2*1-20-14-6-11-19-17-9-4-2-7-15(17)12-13-16-8-3-5-10-18(16)19;/h2-5,7-10,12-13,19-20H,6,11,14H2,1H3;2-5,7-11,20H,6,12-14H2,1H3;1H. The van der Waals surface area contributed by atoms with Crippen molar-refractivity contribution in [1.82, 2.24) is 10.6 Å². The molecule has 212 valence electrons. The zero-order valence-corrected chi connectivity index (χ0v) is 25.2. The van der Waals surface area contributed by atoms with Gasteiger partial charge in [-0.1, -0.05) is 115 Å². The molecule has 4 aromatic rings. The predicted octanol–water partition coefficient (Wildman–Crippen LogP) is 8.55. The molecule has 4 aromatic carbocycles. The fourth-order valence-corrected chi connectivity index (χ4v) is 6.10. The van der Waals surface area contributed by atoms with E-state index in [9.17, 15) is 0 Å². The first-order valence-electron chi connectivity index (χ1n) is 14.8. The largest absolute Gasteiger partial charge is 0.320 e. The molecule has 0 heterocycles. The molecule has 0 bridgehead atoms. The van der Waals surface area contributed by atoms with E-state index < -0.39 is 0 Å². The van der Waals surface area contributed by atoms with Crippen LogP contribution in [0.1, 0.15) is 69.7 Å². The van der Waals surface area contributed by atoms with Gasteiger partial charge in [-0.25, -0.2) is 0 Å². The van der Waals surface area contributed by atoms with Gasteiger partial charge >= 0.3 is 0 Å². The molecule has 0 aromatic heterocycles. The first-order chi connectivity index (χ1) is 19.8. The van der Waals surface area contributed by atoms with Crippen LogP contribution in [-0.4, -0.2) is 27.2 Å². The second kappa shape index (κ2) is 15.5. The summed E-state index contributed by atoms with van der Waals surface area (Å²) < 4.78 is 0. The third-order valence-electron chi connectivity index (χ3n) is 8.13. The van der Waals surface area contributed by atoms with Crippen LogP contribution in [0.15, 0.2) is 103 Å². The number of nitrogens with one attached hydrogen (secondary N) is 2. The number of hydrogen-bond acceptors (Lipinski definition) is 2. The van der Waals surface area contributed by atoms with Gasteiger partial charge in [0.2, 0.25) is 0 Å². The summed E-state index contributed by atoms with van der Waals surface area (Å²) in [5.41, 5.74) is 12.8. The van der Waals surface area contributed by atoms with Gasteiger partial charge in [0.1, 0.15) is 0 Å². The van der Waals surface area contributed by atoms with Crippen molar-refractivity contribution in [2.45, 2.75) is 38.0 Å². The molecule has 0 saturated carbocycles. The highest BCUT2D eigenvalue weighted by Crippen LogP contribution is 2.37. The molecule has 0 atom stereocenters. The molecule has 41 heavy (non-hydrogen) atoms. The summed E-state index contributed by atoms with van der Waals surface area (Å²) in [6, 6.07) is 35.3. The lowest BCUT2D eigenvalue weighted by Gasteiger charge is -2.20. The van der Waals surface area contributed by atoms with E-state index in [1.807, 2.05) is 14.1 Å². The van der Waals surface area contributed by atoms with E-state index in [1.54, 1.807) is 0 Å². The Kier molecular flexibility index (Phi) is 11.6. The van der Waals surface area contributed by atoms with Crippen molar-refractivity contribution in [2.75, 3.05) is 27.2 Å². The highest BCUT2D eigenvalue weighted by Gasteiger charge is 2.20. The van der Waals surface area contributed by atoms with Gasteiger partial charge in [0.15, 0.2) is 0 Å². The summed E-state index contributed by atoms with van der Waals surface area (Å²) in [7, 11) is 4.03. The first-order valence-corrected chi connectivity index (χ1v) is 14.8. The number of rotatable bonds is 7. The molecule has 0 aliphatic heterocycles. The van der Waals surface area contributed by atoms with Crippen molar-refractivity contribution in [2.24, 2.45) is 0 Å². The average Bonchev–Trinajstić information content (AvgIpc) is 3.27. The van der Waals surface area contributed by atoms with Crippen molar-refractivity contribution in [3.63, 3.8) is 0 Å². The van der Waals surface area contributed by atoms with E-state index in [4.69, 9.17) is 0 Å². The van der Waals surface area contributed by atoms with Gasteiger partial charge < -0.3 is 10.6 Å². The molecule has 0 amide bonds. The zero-order chi connectivity index (χ0) is 27.6. The molecule has 0 spiro atoms. The maximum atomic E-state index is 3.26.